The van der Waals surface area contributed by atoms with Gasteiger partial charge in [-0.3, -0.25) is 14.5 Å². The molecule has 1 aromatic rings. The third-order valence-corrected chi connectivity index (χ3v) is 7.02. The summed E-state index contributed by atoms with van der Waals surface area (Å²) >= 11 is 5.97. The van der Waals surface area contributed by atoms with E-state index in [9.17, 15) is 14.4 Å². The standard InChI is InChI=1S/C23H32ClN5O4/c1-33-14-19-6-3-9-28(19)21(30)8-7-18-12-25-22(31)20-11-17(13-29(18)20)27-23(32)26-16-5-2-4-15(24)10-16/h2,4-5,10,17-20H,3,6-9,11-14H2,1H3,(H,25,31)(H2,26,27,32). The molecule has 3 saturated heterocycles. The number of halogens is 1. The van der Waals surface area contributed by atoms with Crippen molar-refractivity contribution in [2.24, 2.45) is 0 Å². The summed E-state index contributed by atoms with van der Waals surface area (Å²) in [7, 11) is 1.67. The van der Waals surface area contributed by atoms with E-state index in [-0.39, 0.29) is 42.0 Å². The zero-order chi connectivity index (χ0) is 23.4. The van der Waals surface area contributed by atoms with Gasteiger partial charge < -0.3 is 25.6 Å². The van der Waals surface area contributed by atoms with Crippen LogP contribution in [-0.2, 0) is 14.3 Å². The maximum atomic E-state index is 12.8. The number of likely N-dealkylation sites (tertiary alicyclic amines) is 1. The van der Waals surface area contributed by atoms with Crippen LogP contribution >= 0.6 is 11.6 Å². The molecule has 9 nitrogen and oxygen atoms in total. The first kappa shape index (κ1) is 23.8. The van der Waals surface area contributed by atoms with Crippen LogP contribution in [0.3, 0.4) is 0 Å². The van der Waals surface area contributed by atoms with Crippen molar-refractivity contribution in [3.05, 3.63) is 29.3 Å². The summed E-state index contributed by atoms with van der Waals surface area (Å²) in [4.78, 5) is 41.8. The summed E-state index contributed by atoms with van der Waals surface area (Å²) in [5, 5.41) is 9.28. The minimum atomic E-state index is -0.326. The zero-order valence-corrected chi connectivity index (χ0v) is 19.6. The van der Waals surface area contributed by atoms with E-state index >= 15 is 0 Å². The molecule has 1 aromatic carbocycles. The largest absolute Gasteiger partial charge is 0.383 e. The van der Waals surface area contributed by atoms with Gasteiger partial charge in [-0.05, 0) is 43.9 Å². The number of hydrogen-bond donors (Lipinski definition) is 3. The molecule has 4 rings (SSSR count). The molecule has 10 heteroatoms. The molecule has 3 N–H and O–H groups in total. The molecule has 3 aliphatic rings. The van der Waals surface area contributed by atoms with Crippen molar-refractivity contribution < 1.29 is 19.1 Å². The maximum Gasteiger partial charge on any atom is 0.319 e. The van der Waals surface area contributed by atoms with Gasteiger partial charge in [-0.2, -0.15) is 0 Å². The Hall–Kier alpha value is -2.36. The van der Waals surface area contributed by atoms with Gasteiger partial charge >= 0.3 is 6.03 Å². The summed E-state index contributed by atoms with van der Waals surface area (Å²) in [6.45, 7) is 2.46. The summed E-state index contributed by atoms with van der Waals surface area (Å²) in [6, 6.07) is 6.42. The minimum absolute atomic E-state index is 0.0168. The minimum Gasteiger partial charge on any atom is -0.383 e. The van der Waals surface area contributed by atoms with Gasteiger partial charge in [0.25, 0.3) is 0 Å². The summed E-state index contributed by atoms with van der Waals surface area (Å²) in [5.41, 5.74) is 0.610. The number of ether oxygens (including phenoxy) is 1. The van der Waals surface area contributed by atoms with Crippen molar-refractivity contribution in [3.63, 3.8) is 0 Å². The number of carbonyl (C=O) groups is 3. The number of methoxy groups -OCH3 is 1. The number of hydrogen-bond acceptors (Lipinski definition) is 5. The highest BCUT2D eigenvalue weighted by atomic mass is 35.5. The van der Waals surface area contributed by atoms with Crippen molar-refractivity contribution in [3.8, 4) is 0 Å². The van der Waals surface area contributed by atoms with Crippen LogP contribution in [0.4, 0.5) is 10.5 Å². The zero-order valence-electron chi connectivity index (χ0n) is 18.9. The average molecular weight is 478 g/mol. The second kappa shape index (κ2) is 10.7. The molecule has 3 fully saturated rings. The Morgan fingerprint density at radius 3 is 2.94 bits per heavy atom. The van der Waals surface area contributed by atoms with Crippen molar-refractivity contribution in [2.45, 2.75) is 56.3 Å². The van der Waals surface area contributed by atoms with Crippen molar-refractivity contribution in [2.75, 3.05) is 38.7 Å². The highest BCUT2D eigenvalue weighted by Crippen LogP contribution is 2.27. The quantitative estimate of drug-likeness (QED) is 0.556. The van der Waals surface area contributed by atoms with Gasteiger partial charge in [-0.15, -0.1) is 0 Å². The molecule has 0 aliphatic carbocycles. The number of fused-ring (bicyclic) bond motifs is 1. The van der Waals surface area contributed by atoms with E-state index in [0.717, 1.165) is 19.4 Å². The van der Waals surface area contributed by atoms with Gasteiger partial charge in [0.15, 0.2) is 0 Å². The predicted octanol–water partition coefficient (Wildman–Crippen LogP) is 1.82. The number of rotatable bonds is 7. The number of benzene rings is 1. The Morgan fingerprint density at radius 1 is 1.30 bits per heavy atom. The Bertz CT molecular complexity index is 884. The second-order valence-electron chi connectivity index (χ2n) is 9.03. The Balaban J connectivity index is 1.30. The molecular formula is C23H32ClN5O4. The fourth-order valence-corrected chi connectivity index (χ4v) is 5.42. The SMILES string of the molecule is COCC1CCCN1C(=O)CCC1CNC(=O)C2CC(NC(=O)Nc3cccc(Cl)c3)CN12. The fourth-order valence-electron chi connectivity index (χ4n) is 5.23. The van der Waals surface area contributed by atoms with E-state index in [4.69, 9.17) is 16.3 Å². The van der Waals surface area contributed by atoms with Crippen LogP contribution in [-0.4, -0.2) is 85.2 Å². The number of nitrogens with one attached hydrogen (secondary N) is 3. The molecule has 180 valence electrons. The molecule has 33 heavy (non-hydrogen) atoms. The van der Waals surface area contributed by atoms with E-state index in [1.165, 1.54) is 0 Å². The van der Waals surface area contributed by atoms with Gasteiger partial charge in [0, 0.05) is 56.0 Å². The predicted molar refractivity (Wildman–Crippen MR) is 125 cm³/mol. The van der Waals surface area contributed by atoms with Gasteiger partial charge in [-0.25, -0.2) is 4.79 Å². The number of anilines is 1. The monoisotopic (exact) mass is 477 g/mol. The summed E-state index contributed by atoms with van der Waals surface area (Å²) in [5.74, 6) is 0.134. The maximum absolute atomic E-state index is 12.8. The summed E-state index contributed by atoms with van der Waals surface area (Å²) < 4.78 is 5.26. The van der Waals surface area contributed by atoms with Gasteiger partial charge in [-0.1, -0.05) is 17.7 Å². The normalized spacial score (nSPS) is 27.2. The lowest BCUT2D eigenvalue weighted by Crippen LogP contribution is -2.58. The molecule has 4 unspecified atom stereocenters. The molecule has 0 spiro atoms. The smallest absolute Gasteiger partial charge is 0.319 e. The van der Waals surface area contributed by atoms with Crippen molar-refractivity contribution >= 4 is 35.1 Å². The Morgan fingerprint density at radius 2 is 2.15 bits per heavy atom. The van der Waals surface area contributed by atoms with E-state index in [1.807, 2.05) is 4.90 Å². The lowest BCUT2D eigenvalue weighted by atomic mass is 10.0. The third kappa shape index (κ3) is 5.77. The van der Waals surface area contributed by atoms with Crippen LogP contribution in [0.2, 0.25) is 5.02 Å². The molecular weight excluding hydrogens is 446 g/mol. The molecule has 0 bridgehead atoms. The number of nitrogens with zero attached hydrogens (tertiary/aromatic N) is 2. The van der Waals surface area contributed by atoms with Crippen LogP contribution in [0.1, 0.15) is 32.1 Å². The first-order valence-corrected chi connectivity index (χ1v) is 12.0. The van der Waals surface area contributed by atoms with Crippen LogP contribution in [0.5, 0.6) is 0 Å². The number of carbonyl (C=O) groups excluding carboxylic acids is 3. The Labute approximate surface area is 199 Å². The highest BCUT2D eigenvalue weighted by molar-refractivity contribution is 6.30. The van der Waals surface area contributed by atoms with E-state index in [1.54, 1.807) is 31.4 Å². The third-order valence-electron chi connectivity index (χ3n) is 6.79. The number of amides is 4. The first-order chi connectivity index (χ1) is 15.9. The molecule has 0 aromatic heterocycles. The number of piperazine rings is 1. The first-order valence-electron chi connectivity index (χ1n) is 11.6. The molecule has 4 atom stereocenters. The van der Waals surface area contributed by atoms with Crippen LogP contribution in [0, 0.1) is 0 Å². The summed E-state index contributed by atoms with van der Waals surface area (Å²) in [6.07, 6.45) is 3.65. The molecule has 3 aliphatic heterocycles. The second-order valence-corrected chi connectivity index (χ2v) is 9.47. The lowest BCUT2D eigenvalue weighted by Gasteiger charge is -2.37. The highest BCUT2D eigenvalue weighted by Gasteiger charge is 2.44. The van der Waals surface area contributed by atoms with Crippen LogP contribution in [0.15, 0.2) is 24.3 Å². The van der Waals surface area contributed by atoms with Crippen LogP contribution < -0.4 is 16.0 Å². The Kier molecular flexibility index (Phi) is 7.72. The van der Waals surface area contributed by atoms with Crippen LogP contribution in [0.25, 0.3) is 0 Å². The van der Waals surface area contributed by atoms with E-state index in [2.05, 4.69) is 20.9 Å². The topological polar surface area (TPSA) is 103 Å². The fraction of sp³-hybridized carbons (Fsp3) is 0.609. The van der Waals surface area contributed by atoms with Crippen molar-refractivity contribution in [1.82, 2.24) is 20.4 Å². The molecule has 0 radical (unpaired) electrons. The molecule has 3 heterocycles. The van der Waals surface area contributed by atoms with Gasteiger partial charge in [0.05, 0.1) is 18.7 Å². The van der Waals surface area contributed by atoms with E-state index in [0.29, 0.717) is 49.7 Å². The molecule has 4 amide bonds. The van der Waals surface area contributed by atoms with E-state index < -0.39 is 0 Å². The lowest BCUT2D eigenvalue weighted by molar-refractivity contribution is -0.133. The van der Waals surface area contributed by atoms with Gasteiger partial charge in [0.1, 0.15) is 0 Å². The average Bonchev–Trinajstić information content (AvgIpc) is 3.41. The van der Waals surface area contributed by atoms with Crippen molar-refractivity contribution in [1.29, 1.82) is 0 Å². The molecule has 0 saturated carbocycles. The number of urea groups is 1. The van der Waals surface area contributed by atoms with Gasteiger partial charge in [0.2, 0.25) is 11.8 Å².